The first-order valence-corrected chi connectivity index (χ1v) is 6.62. The minimum absolute atomic E-state index is 0.176. The number of hydrogen-bond acceptors (Lipinski definition) is 3. The van der Waals surface area contributed by atoms with Crippen molar-refractivity contribution in [2.45, 2.75) is 13.3 Å². The zero-order chi connectivity index (χ0) is 14.9. The van der Waals surface area contributed by atoms with E-state index >= 15 is 0 Å². The Kier molecular flexibility index (Phi) is 3.90. The Labute approximate surface area is 122 Å². The molecule has 1 aromatic rings. The second-order valence-corrected chi connectivity index (χ2v) is 5.57. The molecule has 0 unspecified atom stereocenters. The van der Waals surface area contributed by atoms with Gasteiger partial charge in [-0.15, -0.1) is 0 Å². The molecule has 0 saturated carbocycles. The van der Waals surface area contributed by atoms with Crippen molar-refractivity contribution in [3.63, 3.8) is 0 Å². The number of nitrogens with zero attached hydrogens (tertiary/aromatic N) is 1. The molecule has 1 heterocycles. The molecule has 1 N–H and O–H groups in total. The summed E-state index contributed by atoms with van der Waals surface area (Å²) in [4.78, 5) is 25.3. The minimum Gasteiger partial charge on any atom is -0.496 e. The summed E-state index contributed by atoms with van der Waals surface area (Å²) in [6.07, 6.45) is 0.431. The first kappa shape index (κ1) is 14.7. The molecule has 0 radical (unpaired) electrons. The average Bonchev–Trinajstić information content (AvgIpc) is 2.82. The van der Waals surface area contributed by atoms with Gasteiger partial charge in [0, 0.05) is 13.1 Å². The zero-order valence-electron chi connectivity index (χ0n) is 11.4. The molecule has 0 aliphatic carbocycles. The van der Waals surface area contributed by atoms with Crippen molar-refractivity contribution in [3.8, 4) is 5.75 Å². The van der Waals surface area contributed by atoms with E-state index in [1.165, 1.54) is 12.0 Å². The molecule has 0 bridgehead atoms. The predicted molar refractivity (Wildman–Crippen MR) is 74.3 cm³/mol. The number of halogens is 1. The van der Waals surface area contributed by atoms with Crippen LogP contribution in [0.4, 0.5) is 0 Å². The lowest BCUT2D eigenvalue weighted by Gasteiger charge is -2.21. The Morgan fingerprint density at radius 1 is 1.45 bits per heavy atom. The van der Waals surface area contributed by atoms with Gasteiger partial charge in [0.1, 0.15) is 11.3 Å². The van der Waals surface area contributed by atoms with Crippen molar-refractivity contribution in [2.24, 2.45) is 5.41 Å². The number of carbonyl (C=O) groups is 2. The van der Waals surface area contributed by atoms with Crippen molar-refractivity contribution >= 4 is 23.5 Å². The Hall–Kier alpha value is -1.75. The molecular weight excluding hydrogens is 282 g/mol. The van der Waals surface area contributed by atoms with Crippen molar-refractivity contribution in [1.29, 1.82) is 0 Å². The largest absolute Gasteiger partial charge is 0.496 e. The highest BCUT2D eigenvalue weighted by Gasteiger charge is 2.42. The molecule has 1 saturated heterocycles. The smallest absolute Gasteiger partial charge is 0.311 e. The molecule has 20 heavy (non-hydrogen) atoms. The lowest BCUT2D eigenvalue weighted by molar-refractivity contribution is -0.147. The predicted octanol–water partition coefficient (Wildman–Crippen LogP) is 2.29. The Morgan fingerprint density at radius 2 is 2.15 bits per heavy atom. The summed E-state index contributed by atoms with van der Waals surface area (Å²) in [7, 11) is 1.47. The minimum atomic E-state index is -0.899. The molecule has 6 heteroatoms. The van der Waals surface area contributed by atoms with Gasteiger partial charge in [-0.3, -0.25) is 9.59 Å². The molecular formula is C14H16ClNO4. The molecule has 2 rings (SSSR count). The van der Waals surface area contributed by atoms with Crippen LogP contribution in [0.25, 0.3) is 0 Å². The van der Waals surface area contributed by atoms with Gasteiger partial charge in [-0.2, -0.15) is 0 Å². The fourth-order valence-electron chi connectivity index (χ4n) is 2.35. The lowest BCUT2D eigenvalue weighted by atomic mass is 9.90. The van der Waals surface area contributed by atoms with Crippen LogP contribution >= 0.6 is 11.6 Å². The van der Waals surface area contributed by atoms with Gasteiger partial charge in [0.05, 0.1) is 17.5 Å². The number of hydrogen-bond donors (Lipinski definition) is 1. The topological polar surface area (TPSA) is 66.8 Å². The summed E-state index contributed by atoms with van der Waals surface area (Å²) in [6.45, 7) is 2.22. The highest BCUT2D eigenvalue weighted by atomic mass is 35.5. The number of carboxylic acid groups (broad SMARTS) is 1. The maximum atomic E-state index is 12.5. The van der Waals surface area contributed by atoms with E-state index in [2.05, 4.69) is 0 Å². The first-order valence-electron chi connectivity index (χ1n) is 6.24. The zero-order valence-corrected chi connectivity index (χ0v) is 12.1. The molecule has 1 amide bonds. The van der Waals surface area contributed by atoms with E-state index < -0.39 is 11.4 Å². The molecule has 1 aromatic carbocycles. The number of carbonyl (C=O) groups excluding carboxylic acids is 1. The van der Waals surface area contributed by atoms with Gasteiger partial charge in [0.25, 0.3) is 5.91 Å². The van der Waals surface area contributed by atoms with E-state index in [9.17, 15) is 14.7 Å². The molecule has 0 spiro atoms. The molecule has 1 fully saturated rings. The van der Waals surface area contributed by atoms with Crippen LogP contribution in [0.5, 0.6) is 5.75 Å². The van der Waals surface area contributed by atoms with E-state index in [4.69, 9.17) is 16.3 Å². The number of methoxy groups -OCH3 is 1. The summed E-state index contributed by atoms with van der Waals surface area (Å²) in [5, 5.41) is 9.51. The van der Waals surface area contributed by atoms with Gasteiger partial charge in [0.15, 0.2) is 0 Å². The van der Waals surface area contributed by atoms with Gasteiger partial charge in [0.2, 0.25) is 0 Å². The third-order valence-electron chi connectivity index (χ3n) is 3.69. The fourth-order valence-corrected chi connectivity index (χ4v) is 2.60. The van der Waals surface area contributed by atoms with E-state index in [1.54, 1.807) is 25.1 Å². The summed E-state index contributed by atoms with van der Waals surface area (Å²) >= 11 is 6.07. The summed E-state index contributed by atoms with van der Waals surface area (Å²) in [6, 6.07) is 4.97. The van der Waals surface area contributed by atoms with Crippen LogP contribution in [0.3, 0.4) is 0 Å². The van der Waals surface area contributed by atoms with Crippen molar-refractivity contribution in [3.05, 3.63) is 28.8 Å². The van der Waals surface area contributed by atoms with Crippen molar-refractivity contribution in [1.82, 2.24) is 4.90 Å². The number of rotatable bonds is 3. The number of benzene rings is 1. The van der Waals surface area contributed by atoms with Crippen molar-refractivity contribution < 1.29 is 19.4 Å². The first-order chi connectivity index (χ1) is 9.39. The van der Waals surface area contributed by atoms with Gasteiger partial charge >= 0.3 is 5.97 Å². The fraction of sp³-hybridized carbons (Fsp3) is 0.429. The van der Waals surface area contributed by atoms with Crippen LogP contribution in [0, 0.1) is 5.41 Å². The van der Waals surface area contributed by atoms with Crippen LogP contribution in [0.15, 0.2) is 18.2 Å². The maximum Gasteiger partial charge on any atom is 0.311 e. The van der Waals surface area contributed by atoms with Gasteiger partial charge in [-0.25, -0.2) is 0 Å². The van der Waals surface area contributed by atoms with Crippen LogP contribution in [-0.4, -0.2) is 42.1 Å². The number of amides is 1. The van der Waals surface area contributed by atoms with Crippen LogP contribution in [-0.2, 0) is 4.79 Å². The average molecular weight is 298 g/mol. The Morgan fingerprint density at radius 3 is 2.70 bits per heavy atom. The number of likely N-dealkylation sites (tertiary alicyclic amines) is 1. The highest BCUT2D eigenvalue weighted by molar-refractivity contribution is 6.34. The van der Waals surface area contributed by atoms with E-state index in [-0.39, 0.29) is 18.0 Å². The summed E-state index contributed by atoms with van der Waals surface area (Å²) < 4.78 is 5.16. The molecule has 1 aliphatic rings. The molecule has 5 nitrogen and oxygen atoms in total. The third-order valence-corrected chi connectivity index (χ3v) is 4.00. The quantitative estimate of drug-likeness (QED) is 0.929. The lowest BCUT2D eigenvalue weighted by Crippen LogP contribution is -2.35. The van der Waals surface area contributed by atoms with E-state index in [1.807, 2.05) is 0 Å². The van der Waals surface area contributed by atoms with Crippen LogP contribution in [0.1, 0.15) is 23.7 Å². The summed E-state index contributed by atoms with van der Waals surface area (Å²) in [5.41, 5.74) is -0.615. The van der Waals surface area contributed by atoms with Crippen LogP contribution in [0.2, 0.25) is 5.02 Å². The van der Waals surface area contributed by atoms with E-state index in [0.717, 1.165) is 0 Å². The maximum absolute atomic E-state index is 12.5. The van der Waals surface area contributed by atoms with Gasteiger partial charge in [-0.05, 0) is 25.5 Å². The summed E-state index contributed by atoms with van der Waals surface area (Å²) in [5.74, 6) is -0.789. The molecule has 108 valence electrons. The standard InChI is InChI=1S/C14H16ClNO4/c1-14(13(18)19)6-7-16(8-14)12(17)11-9(15)4-3-5-10(11)20-2/h3-5H,6-8H2,1-2H3,(H,18,19)/t14-/m0/s1. The third kappa shape index (κ3) is 2.45. The SMILES string of the molecule is COc1cccc(Cl)c1C(=O)N1CC[C@](C)(C(=O)O)C1. The second-order valence-electron chi connectivity index (χ2n) is 5.16. The van der Waals surface area contributed by atoms with Crippen LogP contribution < -0.4 is 4.74 Å². The Bertz CT molecular complexity index is 560. The van der Waals surface area contributed by atoms with Gasteiger partial charge in [-0.1, -0.05) is 17.7 Å². The number of carboxylic acids is 1. The second kappa shape index (κ2) is 5.32. The normalized spacial score (nSPS) is 21.9. The monoisotopic (exact) mass is 297 g/mol. The number of aliphatic carboxylic acids is 1. The Balaban J connectivity index is 2.28. The molecule has 0 aromatic heterocycles. The van der Waals surface area contributed by atoms with E-state index in [0.29, 0.717) is 23.7 Å². The molecule has 1 aliphatic heterocycles. The van der Waals surface area contributed by atoms with Gasteiger partial charge < -0.3 is 14.7 Å². The highest BCUT2D eigenvalue weighted by Crippen LogP contribution is 2.34. The molecule has 1 atom stereocenters. The number of ether oxygens (including phenoxy) is 1. The van der Waals surface area contributed by atoms with Crippen molar-refractivity contribution in [2.75, 3.05) is 20.2 Å².